The van der Waals surface area contributed by atoms with Crippen LogP contribution in [0.4, 0.5) is 5.69 Å². The maximum absolute atomic E-state index is 13.0. The molecule has 0 radical (unpaired) electrons. The first-order chi connectivity index (χ1) is 11.7. The lowest BCUT2D eigenvalue weighted by molar-refractivity contribution is 0.0983. The molecule has 0 bridgehead atoms. The Bertz CT molecular complexity index is 920. The highest BCUT2D eigenvalue weighted by Crippen LogP contribution is 2.38. The number of halogens is 1. The lowest BCUT2D eigenvalue weighted by Gasteiger charge is -2.17. The molecule has 0 saturated heterocycles. The molecule has 4 rings (SSSR count). The number of benzene rings is 1. The lowest BCUT2D eigenvalue weighted by Crippen LogP contribution is -2.31. The third-order valence-corrected chi connectivity index (χ3v) is 4.94. The quantitative estimate of drug-likeness (QED) is 0.753. The minimum atomic E-state index is -0.0678. The number of hydrogen-bond donors (Lipinski definition) is 1. The Morgan fingerprint density at radius 1 is 1.33 bits per heavy atom. The summed E-state index contributed by atoms with van der Waals surface area (Å²) < 4.78 is 2.85. The molecule has 122 valence electrons. The van der Waals surface area contributed by atoms with Crippen LogP contribution >= 0.6 is 15.9 Å². The van der Waals surface area contributed by atoms with Crippen molar-refractivity contribution in [3.63, 3.8) is 0 Å². The van der Waals surface area contributed by atoms with Crippen molar-refractivity contribution < 1.29 is 4.79 Å². The topological polar surface area (TPSA) is 63.6 Å². The molecule has 2 N–H and O–H groups in total. The minimum absolute atomic E-state index is 0.0678. The van der Waals surface area contributed by atoms with Gasteiger partial charge in [0.15, 0.2) is 0 Å². The molecular weight excluding hydrogens is 368 g/mol. The zero-order chi connectivity index (χ0) is 16.7. The number of fused-ring (bicyclic) bond motifs is 2. The van der Waals surface area contributed by atoms with Gasteiger partial charge < -0.3 is 15.0 Å². The first-order valence-corrected chi connectivity index (χ1v) is 8.71. The van der Waals surface area contributed by atoms with E-state index in [2.05, 4.69) is 27.0 Å². The molecule has 24 heavy (non-hydrogen) atoms. The van der Waals surface area contributed by atoms with Gasteiger partial charge in [-0.1, -0.05) is 18.2 Å². The van der Waals surface area contributed by atoms with Gasteiger partial charge in [-0.3, -0.25) is 4.79 Å². The highest BCUT2D eigenvalue weighted by molar-refractivity contribution is 9.10. The second-order valence-corrected chi connectivity index (χ2v) is 6.93. The largest absolute Gasteiger partial charge is 0.330 e. The van der Waals surface area contributed by atoms with Crippen LogP contribution in [0.25, 0.3) is 5.52 Å². The van der Waals surface area contributed by atoms with Crippen molar-refractivity contribution in [3.8, 4) is 0 Å². The molecule has 0 saturated carbocycles. The van der Waals surface area contributed by atoms with Gasteiger partial charge in [-0.05, 0) is 52.7 Å². The van der Waals surface area contributed by atoms with Crippen LogP contribution < -0.4 is 10.6 Å². The number of carbonyl (C=O) groups excluding carboxylic acids is 1. The number of hydrogen-bond acceptors (Lipinski definition) is 3. The fraction of sp³-hybridized carbons (Fsp3) is 0.222. The van der Waals surface area contributed by atoms with Crippen LogP contribution in [0.5, 0.6) is 0 Å². The van der Waals surface area contributed by atoms with Crippen LogP contribution in [0.3, 0.4) is 0 Å². The van der Waals surface area contributed by atoms with E-state index in [-0.39, 0.29) is 5.91 Å². The van der Waals surface area contributed by atoms with E-state index >= 15 is 0 Å². The molecule has 3 aromatic rings. The number of para-hydroxylation sites is 1. The molecule has 0 aliphatic carbocycles. The van der Waals surface area contributed by atoms with Crippen LogP contribution in [0.15, 0.2) is 53.4 Å². The summed E-state index contributed by atoms with van der Waals surface area (Å²) in [6, 6.07) is 11.9. The molecule has 1 aromatic carbocycles. The van der Waals surface area contributed by atoms with Crippen LogP contribution in [0.2, 0.25) is 0 Å². The molecule has 2 aromatic heterocycles. The van der Waals surface area contributed by atoms with E-state index in [0.29, 0.717) is 24.7 Å². The van der Waals surface area contributed by atoms with Gasteiger partial charge in [-0.25, -0.2) is 4.98 Å². The summed E-state index contributed by atoms with van der Waals surface area (Å²) in [5.41, 5.74) is 9.30. The number of aromatic nitrogens is 2. The predicted molar refractivity (Wildman–Crippen MR) is 97.4 cm³/mol. The van der Waals surface area contributed by atoms with Crippen molar-refractivity contribution in [1.29, 1.82) is 0 Å². The maximum atomic E-state index is 13.0. The molecular formula is C18H17BrN4O. The van der Waals surface area contributed by atoms with Crippen molar-refractivity contribution >= 4 is 33.0 Å². The Hall–Kier alpha value is -2.18. The number of carbonyl (C=O) groups is 1. The van der Waals surface area contributed by atoms with Crippen molar-refractivity contribution in [2.75, 3.05) is 18.0 Å². The SMILES string of the molecule is NCCC1CN(C(=O)c2cc3cc(Br)cn3cn2)c2ccccc21. The van der Waals surface area contributed by atoms with Gasteiger partial charge in [0, 0.05) is 34.3 Å². The predicted octanol–water partition coefficient (Wildman–Crippen LogP) is 3.19. The second-order valence-electron chi connectivity index (χ2n) is 6.01. The van der Waals surface area contributed by atoms with Crippen molar-refractivity contribution in [3.05, 3.63) is 64.7 Å². The van der Waals surface area contributed by atoms with E-state index in [9.17, 15) is 4.79 Å². The third kappa shape index (κ3) is 2.52. The first-order valence-electron chi connectivity index (χ1n) is 7.91. The monoisotopic (exact) mass is 384 g/mol. The number of rotatable bonds is 3. The summed E-state index contributed by atoms with van der Waals surface area (Å²) >= 11 is 3.44. The number of amides is 1. The van der Waals surface area contributed by atoms with E-state index in [1.54, 1.807) is 6.33 Å². The molecule has 0 fully saturated rings. The highest BCUT2D eigenvalue weighted by Gasteiger charge is 2.32. The average Bonchev–Trinajstić information content (AvgIpc) is 3.14. The fourth-order valence-electron chi connectivity index (χ4n) is 3.37. The van der Waals surface area contributed by atoms with Crippen LogP contribution in [-0.2, 0) is 0 Å². The van der Waals surface area contributed by atoms with Crippen molar-refractivity contribution in [1.82, 2.24) is 9.38 Å². The Kier molecular flexibility index (Phi) is 3.86. The van der Waals surface area contributed by atoms with Gasteiger partial charge in [0.1, 0.15) is 12.0 Å². The normalized spacial score (nSPS) is 16.6. The number of anilines is 1. The molecule has 0 spiro atoms. The van der Waals surface area contributed by atoms with Gasteiger partial charge in [0.25, 0.3) is 5.91 Å². The second kappa shape index (κ2) is 6.03. The summed E-state index contributed by atoms with van der Waals surface area (Å²) in [5, 5.41) is 0. The number of nitrogens with two attached hydrogens (primary N) is 1. The maximum Gasteiger partial charge on any atom is 0.277 e. The zero-order valence-corrected chi connectivity index (χ0v) is 14.6. The molecule has 1 aliphatic heterocycles. The summed E-state index contributed by atoms with van der Waals surface area (Å²) in [5.74, 6) is 0.225. The van der Waals surface area contributed by atoms with Gasteiger partial charge in [-0.15, -0.1) is 0 Å². The smallest absolute Gasteiger partial charge is 0.277 e. The summed E-state index contributed by atoms with van der Waals surface area (Å²) in [6.07, 6.45) is 4.46. The Morgan fingerprint density at radius 3 is 3.00 bits per heavy atom. The van der Waals surface area contributed by atoms with Crippen LogP contribution in [0.1, 0.15) is 28.4 Å². The van der Waals surface area contributed by atoms with E-state index < -0.39 is 0 Å². The van der Waals surface area contributed by atoms with Crippen LogP contribution in [-0.4, -0.2) is 28.4 Å². The molecule has 1 atom stereocenters. The highest BCUT2D eigenvalue weighted by atomic mass is 79.9. The van der Waals surface area contributed by atoms with Crippen LogP contribution in [0, 0.1) is 0 Å². The van der Waals surface area contributed by atoms with Gasteiger partial charge in [0.05, 0.1) is 0 Å². The molecule has 1 unspecified atom stereocenters. The summed E-state index contributed by atoms with van der Waals surface area (Å²) in [4.78, 5) is 19.2. The minimum Gasteiger partial charge on any atom is -0.330 e. The molecule has 1 aliphatic rings. The van der Waals surface area contributed by atoms with E-state index in [1.807, 2.05) is 45.8 Å². The Morgan fingerprint density at radius 2 is 2.17 bits per heavy atom. The lowest BCUT2D eigenvalue weighted by atomic mass is 9.98. The molecule has 3 heterocycles. The van der Waals surface area contributed by atoms with Gasteiger partial charge in [0.2, 0.25) is 0 Å². The van der Waals surface area contributed by atoms with E-state index in [0.717, 1.165) is 22.1 Å². The molecule has 5 nitrogen and oxygen atoms in total. The number of nitrogens with zero attached hydrogens (tertiary/aromatic N) is 3. The average molecular weight is 385 g/mol. The summed E-state index contributed by atoms with van der Waals surface area (Å²) in [7, 11) is 0. The zero-order valence-electron chi connectivity index (χ0n) is 13.0. The summed E-state index contributed by atoms with van der Waals surface area (Å²) in [6.45, 7) is 1.27. The first kappa shape index (κ1) is 15.4. The van der Waals surface area contributed by atoms with Crippen molar-refractivity contribution in [2.45, 2.75) is 12.3 Å². The molecule has 6 heteroatoms. The van der Waals surface area contributed by atoms with E-state index in [4.69, 9.17) is 5.73 Å². The Balaban J connectivity index is 1.70. The third-order valence-electron chi connectivity index (χ3n) is 4.50. The van der Waals surface area contributed by atoms with Gasteiger partial charge >= 0.3 is 0 Å². The van der Waals surface area contributed by atoms with E-state index in [1.165, 1.54) is 5.56 Å². The van der Waals surface area contributed by atoms with Gasteiger partial charge in [-0.2, -0.15) is 0 Å². The fourth-order valence-corrected chi connectivity index (χ4v) is 3.82. The Labute approximate surface area is 148 Å². The standard InChI is InChI=1S/C18H17BrN4O/c19-13-7-14-8-16(21-11-22(14)10-13)18(24)23-9-12(5-6-20)15-3-1-2-4-17(15)23/h1-4,7-8,10-12H,5-6,9,20H2. The van der Waals surface area contributed by atoms with Crippen molar-refractivity contribution in [2.24, 2.45) is 5.73 Å². The molecule has 1 amide bonds.